The van der Waals surface area contributed by atoms with Gasteiger partial charge in [0, 0.05) is 18.2 Å². The maximum Gasteiger partial charge on any atom is 0.416 e. The molecule has 2 N–H and O–H groups in total. The Morgan fingerprint density at radius 3 is 2.42 bits per heavy atom. The number of aliphatic hydroxyl groups excluding tert-OH is 1. The topological polar surface area (TPSA) is 75.4 Å². The molecule has 0 radical (unpaired) electrons. The fourth-order valence-electron chi connectivity index (χ4n) is 2.03. The fraction of sp³-hybridized carbons (Fsp3) is 0.200. The van der Waals surface area contributed by atoms with Crippen molar-refractivity contribution < 1.29 is 27.6 Å². The lowest BCUT2D eigenvalue weighted by Crippen LogP contribution is -2.08. The quantitative estimate of drug-likeness (QED) is 0.491. The molecule has 0 atom stereocenters. The minimum atomic E-state index is -4.69. The molecule has 0 heterocycles. The van der Waals surface area contributed by atoms with Gasteiger partial charge in [0.2, 0.25) is 0 Å². The van der Waals surface area contributed by atoms with Crippen molar-refractivity contribution in [1.82, 2.24) is 0 Å². The number of nitrogens with zero attached hydrogens (tertiary/aromatic N) is 1. The molecule has 2 aromatic rings. The Labute approximate surface area is 133 Å². The molecule has 0 spiro atoms. The summed E-state index contributed by atoms with van der Waals surface area (Å²) in [6.45, 7) is -0.501. The van der Waals surface area contributed by atoms with E-state index in [2.05, 4.69) is 5.32 Å². The summed E-state index contributed by atoms with van der Waals surface area (Å²) in [7, 11) is 0. The first-order valence-electron chi connectivity index (χ1n) is 6.70. The van der Waals surface area contributed by atoms with Crippen LogP contribution < -0.4 is 5.32 Å². The Hall–Kier alpha value is -2.68. The Bertz CT molecular complexity index is 763. The van der Waals surface area contributed by atoms with E-state index in [1.807, 2.05) is 0 Å². The molecular weight excluding hydrogens is 332 g/mol. The smallest absolute Gasteiger partial charge is 0.392 e. The van der Waals surface area contributed by atoms with Crippen molar-refractivity contribution in [3.05, 3.63) is 69.0 Å². The van der Waals surface area contributed by atoms with Crippen LogP contribution in [0, 0.1) is 15.9 Å². The zero-order valence-electron chi connectivity index (χ0n) is 12.1. The first-order valence-corrected chi connectivity index (χ1v) is 6.70. The SMILES string of the molecule is O=[N+]([O-])c1cc(C(F)(F)F)ccc1NCc1ccc(CO)c(F)c1. The number of benzene rings is 2. The lowest BCUT2D eigenvalue weighted by atomic mass is 10.1. The average Bonchev–Trinajstić information content (AvgIpc) is 2.51. The molecule has 9 heteroatoms. The number of rotatable bonds is 5. The molecule has 0 amide bonds. The van der Waals surface area contributed by atoms with Crippen molar-refractivity contribution >= 4 is 11.4 Å². The van der Waals surface area contributed by atoms with E-state index in [-0.39, 0.29) is 17.8 Å². The summed E-state index contributed by atoms with van der Waals surface area (Å²) < 4.78 is 51.4. The second-order valence-electron chi connectivity index (χ2n) is 4.92. The van der Waals surface area contributed by atoms with Crippen LogP contribution in [0.25, 0.3) is 0 Å². The number of nitro groups is 1. The molecule has 0 aliphatic rings. The van der Waals surface area contributed by atoms with E-state index in [0.29, 0.717) is 11.6 Å². The van der Waals surface area contributed by atoms with Crippen molar-refractivity contribution in [2.24, 2.45) is 0 Å². The Balaban J connectivity index is 2.23. The summed E-state index contributed by atoms with van der Waals surface area (Å²) in [5.74, 6) is -0.640. The highest BCUT2D eigenvalue weighted by atomic mass is 19.4. The van der Waals surface area contributed by atoms with E-state index in [1.54, 1.807) is 0 Å². The minimum absolute atomic E-state index is 0.0329. The molecule has 0 saturated carbocycles. The zero-order chi connectivity index (χ0) is 17.9. The van der Waals surface area contributed by atoms with E-state index < -0.39 is 34.8 Å². The van der Waals surface area contributed by atoms with Gasteiger partial charge in [0.15, 0.2) is 0 Å². The second kappa shape index (κ2) is 6.83. The van der Waals surface area contributed by atoms with Crippen LogP contribution in [0.4, 0.5) is 28.9 Å². The van der Waals surface area contributed by atoms with Gasteiger partial charge in [-0.25, -0.2) is 4.39 Å². The van der Waals surface area contributed by atoms with Crippen LogP contribution in [-0.4, -0.2) is 10.0 Å². The summed E-state index contributed by atoms with van der Waals surface area (Å²) in [5.41, 5.74) is -1.45. The van der Waals surface area contributed by atoms with Gasteiger partial charge in [0.25, 0.3) is 5.69 Å². The van der Waals surface area contributed by atoms with Crippen LogP contribution in [0.15, 0.2) is 36.4 Å². The van der Waals surface area contributed by atoms with Crippen LogP contribution in [0.5, 0.6) is 0 Å². The number of aliphatic hydroxyl groups is 1. The van der Waals surface area contributed by atoms with Crippen molar-refractivity contribution in [3.8, 4) is 0 Å². The number of alkyl halides is 3. The first-order chi connectivity index (χ1) is 11.2. The molecule has 0 unspecified atom stereocenters. The van der Waals surface area contributed by atoms with Crippen molar-refractivity contribution in [1.29, 1.82) is 0 Å². The minimum Gasteiger partial charge on any atom is -0.392 e. The molecule has 2 aromatic carbocycles. The Morgan fingerprint density at radius 1 is 1.17 bits per heavy atom. The monoisotopic (exact) mass is 344 g/mol. The Kier molecular flexibility index (Phi) is 5.03. The van der Waals surface area contributed by atoms with E-state index in [4.69, 9.17) is 5.11 Å². The maximum atomic E-state index is 13.5. The number of anilines is 1. The lowest BCUT2D eigenvalue weighted by molar-refractivity contribution is -0.384. The highest BCUT2D eigenvalue weighted by molar-refractivity contribution is 5.63. The lowest BCUT2D eigenvalue weighted by Gasteiger charge is -2.11. The van der Waals surface area contributed by atoms with Gasteiger partial charge in [0.1, 0.15) is 11.5 Å². The third-order valence-electron chi connectivity index (χ3n) is 3.29. The van der Waals surface area contributed by atoms with Gasteiger partial charge in [-0.05, 0) is 23.8 Å². The second-order valence-corrected chi connectivity index (χ2v) is 4.92. The zero-order valence-corrected chi connectivity index (χ0v) is 12.1. The molecule has 0 bridgehead atoms. The van der Waals surface area contributed by atoms with E-state index in [0.717, 1.165) is 18.2 Å². The largest absolute Gasteiger partial charge is 0.416 e. The van der Waals surface area contributed by atoms with Gasteiger partial charge in [-0.3, -0.25) is 10.1 Å². The molecule has 2 rings (SSSR count). The van der Waals surface area contributed by atoms with Crippen molar-refractivity contribution in [2.45, 2.75) is 19.3 Å². The number of hydrogen-bond donors (Lipinski definition) is 2. The number of halogens is 4. The number of nitro benzene ring substituents is 1. The normalized spacial score (nSPS) is 11.4. The predicted octanol–water partition coefficient (Wildman–Crippen LogP) is 3.86. The van der Waals surface area contributed by atoms with Gasteiger partial charge in [0.05, 0.1) is 17.1 Å². The van der Waals surface area contributed by atoms with Crippen molar-refractivity contribution in [2.75, 3.05) is 5.32 Å². The third kappa shape index (κ3) is 3.99. The summed E-state index contributed by atoms with van der Waals surface area (Å²) in [5, 5.41) is 22.5. The predicted molar refractivity (Wildman–Crippen MR) is 77.7 cm³/mol. The summed E-state index contributed by atoms with van der Waals surface area (Å²) >= 11 is 0. The van der Waals surface area contributed by atoms with Gasteiger partial charge in [-0.2, -0.15) is 13.2 Å². The van der Waals surface area contributed by atoms with E-state index >= 15 is 0 Å². The van der Waals surface area contributed by atoms with Gasteiger partial charge in [-0.15, -0.1) is 0 Å². The fourth-order valence-corrected chi connectivity index (χ4v) is 2.03. The molecule has 24 heavy (non-hydrogen) atoms. The maximum absolute atomic E-state index is 13.5. The highest BCUT2D eigenvalue weighted by Gasteiger charge is 2.33. The van der Waals surface area contributed by atoms with Crippen LogP contribution >= 0.6 is 0 Å². The molecule has 0 saturated heterocycles. The molecule has 0 aliphatic heterocycles. The standard InChI is InChI=1S/C15H12F4N2O3/c16-12-5-9(1-2-10(12)8-22)7-20-13-4-3-11(15(17,18)19)6-14(13)21(23)24/h1-6,20,22H,7-8H2. The van der Waals surface area contributed by atoms with Crippen LogP contribution in [-0.2, 0) is 19.3 Å². The van der Waals surface area contributed by atoms with Gasteiger partial charge in [-0.1, -0.05) is 12.1 Å². The van der Waals surface area contributed by atoms with Gasteiger partial charge < -0.3 is 10.4 Å². The highest BCUT2D eigenvalue weighted by Crippen LogP contribution is 2.35. The number of hydrogen-bond acceptors (Lipinski definition) is 4. The molecular formula is C15H12F4N2O3. The van der Waals surface area contributed by atoms with Crippen LogP contribution in [0.3, 0.4) is 0 Å². The van der Waals surface area contributed by atoms with E-state index in [9.17, 15) is 27.7 Å². The molecule has 0 aliphatic carbocycles. The molecule has 0 fully saturated rings. The third-order valence-corrected chi connectivity index (χ3v) is 3.29. The van der Waals surface area contributed by atoms with Crippen LogP contribution in [0.2, 0.25) is 0 Å². The van der Waals surface area contributed by atoms with Crippen LogP contribution in [0.1, 0.15) is 16.7 Å². The van der Waals surface area contributed by atoms with Crippen molar-refractivity contribution in [3.63, 3.8) is 0 Å². The summed E-state index contributed by atoms with van der Waals surface area (Å²) in [6, 6.07) is 6.11. The Morgan fingerprint density at radius 2 is 1.88 bits per heavy atom. The average molecular weight is 344 g/mol. The first kappa shape index (κ1) is 17.7. The van der Waals surface area contributed by atoms with Gasteiger partial charge >= 0.3 is 6.18 Å². The van der Waals surface area contributed by atoms with E-state index in [1.165, 1.54) is 12.1 Å². The summed E-state index contributed by atoms with van der Waals surface area (Å²) in [6.07, 6.45) is -4.69. The molecule has 0 aromatic heterocycles. The summed E-state index contributed by atoms with van der Waals surface area (Å²) in [4.78, 5) is 10.0. The molecule has 5 nitrogen and oxygen atoms in total. The number of nitrogens with one attached hydrogen (secondary N) is 1. The molecule has 128 valence electrons.